The minimum Gasteiger partial charge on any atom is -0.323 e. The zero-order chi connectivity index (χ0) is 7.11. The molecule has 0 amide bonds. The summed E-state index contributed by atoms with van der Waals surface area (Å²) >= 11 is 0. The summed E-state index contributed by atoms with van der Waals surface area (Å²) in [7, 11) is 5.92. The largest absolute Gasteiger partial charge is 0.323 e. The lowest BCUT2D eigenvalue weighted by Gasteiger charge is -2.01. The Morgan fingerprint density at radius 3 is 1.67 bits per heavy atom. The molecule has 1 N–H and O–H groups in total. The highest BCUT2D eigenvalue weighted by Crippen LogP contribution is 2.01. The zero-order valence-corrected chi connectivity index (χ0v) is 6.78. The molecule has 1 saturated heterocycles. The number of hydrogen-bond acceptors (Lipinski definition) is 2. The first-order chi connectivity index (χ1) is 4.31. The van der Waals surface area contributed by atoms with E-state index in [2.05, 4.69) is 17.3 Å². The van der Waals surface area contributed by atoms with Crippen LogP contribution < -0.4 is 5.32 Å². The lowest BCUT2D eigenvalue weighted by molar-refractivity contribution is 0.418. The van der Waals surface area contributed by atoms with Crippen LogP contribution in [0.1, 0.15) is 14.3 Å². The van der Waals surface area contributed by atoms with Crippen LogP contribution in [0, 0.1) is 0 Å². The van der Waals surface area contributed by atoms with Gasteiger partial charge in [0.1, 0.15) is 0 Å². The van der Waals surface area contributed by atoms with Gasteiger partial charge >= 0.3 is 0 Å². The van der Waals surface area contributed by atoms with Crippen LogP contribution in [-0.4, -0.2) is 39.1 Å². The average Bonchev–Trinajstić information content (AvgIpc) is 2.20. The molecular formula is C7H20N2. The summed E-state index contributed by atoms with van der Waals surface area (Å²) < 4.78 is 0. The predicted octanol–water partition coefficient (Wildman–Crippen LogP) is 0.794. The van der Waals surface area contributed by atoms with Gasteiger partial charge < -0.3 is 10.2 Å². The normalized spacial score (nSPS) is 19.0. The third-order valence-electron chi connectivity index (χ3n) is 1.33. The van der Waals surface area contributed by atoms with Gasteiger partial charge in [-0.05, 0) is 47.1 Å². The molecule has 2 heteroatoms. The molecule has 0 bridgehead atoms. The van der Waals surface area contributed by atoms with Crippen LogP contribution in [0.5, 0.6) is 0 Å². The fourth-order valence-corrected chi connectivity index (χ4v) is 0.875. The quantitative estimate of drug-likeness (QED) is 0.524. The van der Waals surface area contributed by atoms with E-state index in [1.165, 1.54) is 25.9 Å². The van der Waals surface area contributed by atoms with Gasteiger partial charge in [0.15, 0.2) is 0 Å². The second kappa shape index (κ2) is 6.05. The Labute approximate surface area is 59.7 Å². The van der Waals surface area contributed by atoms with Crippen molar-refractivity contribution in [3.8, 4) is 0 Å². The number of nitrogens with zero attached hydrogens (tertiary/aromatic N) is 1. The van der Waals surface area contributed by atoms with Gasteiger partial charge in [0.2, 0.25) is 0 Å². The van der Waals surface area contributed by atoms with Crippen LogP contribution in [0.15, 0.2) is 0 Å². The molecule has 9 heavy (non-hydrogen) atoms. The van der Waals surface area contributed by atoms with E-state index < -0.39 is 0 Å². The molecule has 0 radical (unpaired) electrons. The van der Waals surface area contributed by atoms with Crippen LogP contribution in [0.4, 0.5) is 0 Å². The molecule has 2 nitrogen and oxygen atoms in total. The highest BCUT2D eigenvalue weighted by molar-refractivity contribution is 4.59. The Bertz CT molecular complexity index is 53.6. The predicted molar refractivity (Wildman–Crippen MR) is 43.8 cm³/mol. The molecule has 1 fully saturated rings. The van der Waals surface area contributed by atoms with E-state index in [1.807, 2.05) is 14.1 Å². The number of nitrogens with one attached hydrogen (secondary N) is 1. The van der Waals surface area contributed by atoms with Crippen LogP contribution in [0.2, 0.25) is 0 Å². The highest BCUT2D eigenvalue weighted by atomic mass is 15.1. The van der Waals surface area contributed by atoms with Crippen molar-refractivity contribution < 1.29 is 1.43 Å². The third kappa shape index (κ3) is 5.80. The van der Waals surface area contributed by atoms with Gasteiger partial charge in [-0.1, -0.05) is 0 Å². The molecule has 0 unspecified atom stereocenters. The van der Waals surface area contributed by atoms with Crippen molar-refractivity contribution in [3.63, 3.8) is 0 Å². The van der Waals surface area contributed by atoms with E-state index in [1.54, 1.807) is 0 Å². The van der Waals surface area contributed by atoms with Gasteiger partial charge in [-0.15, -0.1) is 0 Å². The maximum atomic E-state index is 2.75. The second-order valence-electron chi connectivity index (χ2n) is 2.51. The van der Waals surface area contributed by atoms with Crippen molar-refractivity contribution in [3.05, 3.63) is 0 Å². The van der Waals surface area contributed by atoms with Gasteiger partial charge in [0, 0.05) is 1.43 Å². The maximum Gasteiger partial charge on any atom is 0 e. The maximum absolute atomic E-state index is 2.75. The summed E-state index contributed by atoms with van der Waals surface area (Å²) in [5.74, 6) is 0. The first-order valence-electron chi connectivity index (χ1n) is 3.58. The minimum atomic E-state index is 0. The zero-order valence-electron chi connectivity index (χ0n) is 6.78. The van der Waals surface area contributed by atoms with Crippen LogP contribution >= 0.6 is 0 Å². The molecule has 1 heterocycles. The summed E-state index contributed by atoms with van der Waals surface area (Å²) in [5, 5.41) is 2.75. The van der Waals surface area contributed by atoms with E-state index in [0.29, 0.717) is 0 Å². The van der Waals surface area contributed by atoms with Crippen LogP contribution in [0.25, 0.3) is 0 Å². The van der Waals surface area contributed by atoms with Gasteiger partial charge in [0.05, 0.1) is 0 Å². The van der Waals surface area contributed by atoms with E-state index >= 15 is 0 Å². The molecule has 0 aromatic rings. The standard InChI is InChI=1S/C5H11N.C2H7N.H2/c1-6-4-2-3-5-6;1-3-2;/h2-5H2,1H3;3H,1-2H3;1H. The second-order valence-corrected chi connectivity index (χ2v) is 2.51. The molecular weight excluding hydrogens is 112 g/mol. The van der Waals surface area contributed by atoms with Gasteiger partial charge in [-0.25, -0.2) is 0 Å². The molecule has 0 spiro atoms. The molecule has 0 atom stereocenters. The van der Waals surface area contributed by atoms with Crippen molar-refractivity contribution in [1.29, 1.82) is 0 Å². The summed E-state index contributed by atoms with van der Waals surface area (Å²) in [6.07, 6.45) is 2.83. The Balaban J connectivity index is 0. The molecule has 1 rings (SSSR count). The van der Waals surface area contributed by atoms with Crippen molar-refractivity contribution in [1.82, 2.24) is 10.2 Å². The fraction of sp³-hybridized carbons (Fsp3) is 1.00. The Morgan fingerprint density at radius 1 is 1.22 bits per heavy atom. The van der Waals surface area contributed by atoms with Crippen molar-refractivity contribution in [2.75, 3.05) is 34.2 Å². The smallest absolute Gasteiger partial charge is 0 e. The average molecular weight is 132 g/mol. The highest BCUT2D eigenvalue weighted by Gasteiger charge is 2.03. The van der Waals surface area contributed by atoms with E-state index in [0.717, 1.165) is 0 Å². The Morgan fingerprint density at radius 2 is 1.56 bits per heavy atom. The van der Waals surface area contributed by atoms with Crippen molar-refractivity contribution in [2.24, 2.45) is 0 Å². The molecule has 1 aliphatic heterocycles. The summed E-state index contributed by atoms with van der Waals surface area (Å²) in [6, 6.07) is 0. The van der Waals surface area contributed by atoms with Gasteiger partial charge in [-0.3, -0.25) is 0 Å². The monoisotopic (exact) mass is 132 g/mol. The Kier molecular flexibility index (Phi) is 5.99. The fourth-order valence-electron chi connectivity index (χ4n) is 0.875. The van der Waals surface area contributed by atoms with E-state index in [4.69, 9.17) is 0 Å². The van der Waals surface area contributed by atoms with Crippen molar-refractivity contribution >= 4 is 0 Å². The first-order valence-corrected chi connectivity index (χ1v) is 3.58. The number of hydrogen-bond donors (Lipinski definition) is 1. The summed E-state index contributed by atoms with van der Waals surface area (Å²) in [6.45, 7) is 2.64. The molecule has 58 valence electrons. The number of likely N-dealkylation sites (tertiary alicyclic amines) is 1. The first kappa shape index (κ1) is 8.92. The topological polar surface area (TPSA) is 15.3 Å². The molecule has 0 aromatic carbocycles. The lowest BCUT2D eigenvalue weighted by Crippen LogP contribution is -2.10. The third-order valence-corrected chi connectivity index (χ3v) is 1.33. The summed E-state index contributed by atoms with van der Waals surface area (Å²) in [4.78, 5) is 2.36. The van der Waals surface area contributed by atoms with Crippen molar-refractivity contribution in [2.45, 2.75) is 12.8 Å². The van der Waals surface area contributed by atoms with E-state index in [-0.39, 0.29) is 1.43 Å². The molecule has 0 aliphatic carbocycles. The van der Waals surface area contributed by atoms with Crippen LogP contribution in [0.3, 0.4) is 0 Å². The minimum absolute atomic E-state index is 0. The van der Waals surface area contributed by atoms with Crippen LogP contribution in [-0.2, 0) is 0 Å². The molecule has 0 aromatic heterocycles. The molecule has 1 aliphatic rings. The molecule has 0 saturated carbocycles. The SMILES string of the molecule is CN1CCCC1.CNC.[HH]. The summed E-state index contributed by atoms with van der Waals surface area (Å²) in [5.41, 5.74) is 0. The van der Waals surface area contributed by atoms with Gasteiger partial charge in [-0.2, -0.15) is 0 Å². The Hall–Kier alpha value is -0.0800. The van der Waals surface area contributed by atoms with Gasteiger partial charge in [0.25, 0.3) is 0 Å². The lowest BCUT2D eigenvalue weighted by atomic mass is 10.4. The van der Waals surface area contributed by atoms with E-state index in [9.17, 15) is 0 Å². The number of rotatable bonds is 0.